The highest BCUT2D eigenvalue weighted by atomic mass is 79.9. The van der Waals surface area contributed by atoms with Crippen LogP contribution in [-0.2, 0) is 12.4 Å². The predicted molar refractivity (Wildman–Crippen MR) is 49.2 cm³/mol. The van der Waals surface area contributed by atoms with Crippen LogP contribution in [-0.4, -0.2) is 0 Å². The predicted octanol–water partition coefficient (Wildman–Crippen LogP) is 5.14. The largest absolute Gasteiger partial charge is 0.417 e. The quantitative estimate of drug-likeness (QED) is 0.579. The maximum absolute atomic E-state index is 12.3. The van der Waals surface area contributed by atoms with Gasteiger partial charge >= 0.3 is 12.4 Å². The van der Waals surface area contributed by atoms with Gasteiger partial charge in [-0.3, -0.25) is 0 Å². The van der Waals surface area contributed by atoms with E-state index in [9.17, 15) is 26.3 Å². The van der Waals surface area contributed by atoms with E-state index in [4.69, 9.17) is 11.6 Å². The smallest absolute Gasteiger partial charge is 0.166 e. The van der Waals surface area contributed by atoms with Crippen LogP contribution in [0.2, 0.25) is 5.02 Å². The Balaban J connectivity index is 3.46. The Hall–Kier alpha value is -0.430. The summed E-state index contributed by atoms with van der Waals surface area (Å²) in [7, 11) is 0. The molecular weight excluding hydrogens is 325 g/mol. The van der Waals surface area contributed by atoms with Crippen molar-refractivity contribution in [3.63, 3.8) is 0 Å². The molecule has 0 radical (unpaired) electrons. The minimum absolute atomic E-state index is 0.0207. The molecule has 0 heterocycles. The Bertz CT molecular complexity index is 408. The van der Waals surface area contributed by atoms with Gasteiger partial charge in [-0.2, -0.15) is 26.3 Å². The molecule has 0 aliphatic carbocycles. The Kier molecular flexibility index (Phi) is 3.50. The first-order valence-electron chi connectivity index (χ1n) is 3.67. The Morgan fingerprint density at radius 1 is 0.938 bits per heavy atom. The molecule has 1 aromatic rings. The summed E-state index contributed by atoms with van der Waals surface area (Å²) < 4.78 is 73.2. The van der Waals surface area contributed by atoms with Crippen molar-refractivity contribution >= 4 is 27.5 Å². The first kappa shape index (κ1) is 13.6. The summed E-state index contributed by atoms with van der Waals surface area (Å²) in [6.07, 6.45) is -9.78. The minimum Gasteiger partial charge on any atom is -0.166 e. The molecule has 0 aromatic heterocycles. The first-order valence-corrected chi connectivity index (χ1v) is 4.84. The number of alkyl halides is 6. The first-order chi connectivity index (χ1) is 7.03. The molecule has 0 saturated heterocycles. The van der Waals surface area contributed by atoms with Crippen molar-refractivity contribution < 1.29 is 26.3 Å². The van der Waals surface area contributed by atoms with Gasteiger partial charge in [-0.05, 0) is 28.1 Å². The van der Waals surface area contributed by atoms with Crippen molar-refractivity contribution in [2.45, 2.75) is 12.4 Å². The van der Waals surface area contributed by atoms with E-state index in [1.807, 2.05) is 0 Å². The second-order valence-electron chi connectivity index (χ2n) is 2.82. The van der Waals surface area contributed by atoms with Crippen molar-refractivity contribution in [1.82, 2.24) is 0 Å². The lowest BCUT2D eigenvalue weighted by molar-refractivity contribution is -0.143. The number of hydrogen-bond acceptors (Lipinski definition) is 0. The molecule has 0 aliphatic rings. The number of hydrogen-bond donors (Lipinski definition) is 0. The Morgan fingerprint density at radius 2 is 1.44 bits per heavy atom. The maximum Gasteiger partial charge on any atom is 0.417 e. The molecule has 90 valence electrons. The molecule has 0 saturated carbocycles. The molecule has 8 heteroatoms. The molecule has 0 aliphatic heterocycles. The van der Waals surface area contributed by atoms with E-state index in [1.54, 1.807) is 0 Å². The van der Waals surface area contributed by atoms with E-state index < -0.39 is 33.0 Å². The summed E-state index contributed by atoms with van der Waals surface area (Å²) in [5.41, 5.74) is -2.92. The van der Waals surface area contributed by atoms with Crippen LogP contribution in [0.15, 0.2) is 16.6 Å². The zero-order valence-electron chi connectivity index (χ0n) is 7.18. The van der Waals surface area contributed by atoms with Crippen LogP contribution in [0.4, 0.5) is 26.3 Å². The van der Waals surface area contributed by atoms with Gasteiger partial charge in [0.2, 0.25) is 0 Å². The molecule has 0 amide bonds. The van der Waals surface area contributed by atoms with Crippen molar-refractivity contribution in [1.29, 1.82) is 0 Å². The van der Waals surface area contributed by atoms with Gasteiger partial charge in [0, 0.05) is 4.47 Å². The summed E-state index contributed by atoms with van der Waals surface area (Å²) in [6, 6.07) is 0.477. The van der Waals surface area contributed by atoms with Crippen molar-refractivity contribution in [2.24, 2.45) is 0 Å². The van der Waals surface area contributed by atoms with Crippen LogP contribution < -0.4 is 0 Å². The summed E-state index contributed by atoms with van der Waals surface area (Å²) in [6.45, 7) is 0. The van der Waals surface area contributed by atoms with Gasteiger partial charge in [0.25, 0.3) is 0 Å². The zero-order valence-corrected chi connectivity index (χ0v) is 9.52. The van der Waals surface area contributed by atoms with Crippen LogP contribution >= 0.6 is 27.5 Å². The normalized spacial score (nSPS) is 13.0. The Labute approximate surface area is 99.3 Å². The molecule has 0 bridgehead atoms. The van der Waals surface area contributed by atoms with Gasteiger partial charge in [0.05, 0.1) is 16.1 Å². The molecule has 0 nitrogen and oxygen atoms in total. The van der Waals surface area contributed by atoms with Gasteiger partial charge in [0.1, 0.15) is 0 Å². The van der Waals surface area contributed by atoms with Crippen molar-refractivity contribution in [3.8, 4) is 0 Å². The van der Waals surface area contributed by atoms with Gasteiger partial charge in [-0.1, -0.05) is 11.6 Å². The second kappa shape index (κ2) is 4.10. The maximum atomic E-state index is 12.3. The SMILES string of the molecule is FC(F)(F)c1cc(Br)c(Cl)c(C(F)(F)F)c1. The van der Waals surface area contributed by atoms with E-state index in [1.165, 1.54) is 0 Å². The lowest BCUT2D eigenvalue weighted by Crippen LogP contribution is -2.11. The van der Waals surface area contributed by atoms with E-state index in [-0.39, 0.29) is 6.07 Å². The van der Waals surface area contributed by atoms with E-state index in [2.05, 4.69) is 15.9 Å². The number of rotatable bonds is 0. The third-order valence-electron chi connectivity index (χ3n) is 1.66. The topological polar surface area (TPSA) is 0 Å². The molecule has 0 atom stereocenters. The lowest BCUT2D eigenvalue weighted by atomic mass is 10.1. The van der Waals surface area contributed by atoms with Gasteiger partial charge in [0.15, 0.2) is 0 Å². The molecule has 0 unspecified atom stereocenters. The van der Waals surface area contributed by atoms with Gasteiger partial charge in [-0.25, -0.2) is 0 Å². The summed E-state index contributed by atoms with van der Waals surface area (Å²) in [5.74, 6) is 0. The van der Waals surface area contributed by atoms with Crippen molar-refractivity contribution in [2.75, 3.05) is 0 Å². The standard InChI is InChI=1S/C8H2BrClF6/c9-5-2-3(7(11,12)13)1-4(6(5)10)8(14,15)16/h1-2H. The third kappa shape index (κ3) is 2.82. The third-order valence-corrected chi connectivity index (χ3v) is 2.92. The lowest BCUT2D eigenvalue weighted by Gasteiger charge is -2.14. The average Bonchev–Trinajstić information content (AvgIpc) is 2.05. The molecule has 1 rings (SSSR count). The van der Waals surface area contributed by atoms with Crippen molar-refractivity contribution in [3.05, 3.63) is 32.8 Å². The van der Waals surface area contributed by atoms with Crippen LogP contribution in [0.3, 0.4) is 0 Å². The highest BCUT2D eigenvalue weighted by molar-refractivity contribution is 9.10. The highest BCUT2D eigenvalue weighted by Crippen LogP contribution is 2.42. The summed E-state index contributed by atoms with van der Waals surface area (Å²) in [5, 5.41) is -0.791. The van der Waals surface area contributed by atoms with Crippen LogP contribution in [0, 0.1) is 0 Å². The van der Waals surface area contributed by atoms with E-state index in [0.29, 0.717) is 6.07 Å². The molecular formula is C8H2BrClF6. The minimum atomic E-state index is -4.93. The molecule has 1 aromatic carbocycles. The summed E-state index contributed by atoms with van der Waals surface area (Å²) >= 11 is 7.82. The fourth-order valence-corrected chi connectivity index (χ4v) is 1.64. The van der Waals surface area contributed by atoms with Crippen LogP contribution in [0.5, 0.6) is 0 Å². The van der Waals surface area contributed by atoms with Gasteiger partial charge in [-0.15, -0.1) is 0 Å². The number of benzene rings is 1. The monoisotopic (exact) mass is 326 g/mol. The highest BCUT2D eigenvalue weighted by Gasteiger charge is 2.38. The molecule has 16 heavy (non-hydrogen) atoms. The molecule has 0 fully saturated rings. The summed E-state index contributed by atoms with van der Waals surface area (Å²) in [4.78, 5) is 0. The molecule has 0 spiro atoms. The average molecular weight is 327 g/mol. The molecule has 0 N–H and O–H groups in total. The zero-order chi connectivity index (χ0) is 12.7. The van der Waals surface area contributed by atoms with Gasteiger partial charge < -0.3 is 0 Å². The van der Waals surface area contributed by atoms with E-state index >= 15 is 0 Å². The van der Waals surface area contributed by atoms with Crippen LogP contribution in [0.25, 0.3) is 0 Å². The van der Waals surface area contributed by atoms with Crippen LogP contribution in [0.1, 0.15) is 11.1 Å². The number of halogens is 8. The second-order valence-corrected chi connectivity index (χ2v) is 4.05. The fraction of sp³-hybridized carbons (Fsp3) is 0.250. The Morgan fingerprint density at radius 3 is 1.81 bits per heavy atom. The fourth-order valence-electron chi connectivity index (χ4n) is 0.959. The van der Waals surface area contributed by atoms with E-state index in [0.717, 1.165) is 0 Å².